The van der Waals surface area contributed by atoms with Crippen LogP contribution in [-0.2, 0) is 13.5 Å². The first-order valence-electron chi connectivity index (χ1n) is 6.61. The lowest BCUT2D eigenvalue weighted by molar-refractivity contribution is 0.355. The Balaban J connectivity index is 2.45. The van der Waals surface area contributed by atoms with Crippen molar-refractivity contribution in [3.8, 4) is 11.5 Å². The van der Waals surface area contributed by atoms with Gasteiger partial charge in [0.1, 0.15) is 0 Å². The van der Waals surface area contributed by atoms with Crippen molar-refractivity contribution in [1.29, 1.82) is 0 Å². The van der Waals surface area contributed by atoms with Crippen molar-refractivity contribution >= 4 is 17.0 Å². The van der Waals surface area contributed by atoms with Crippen molar-refractivity contribution in [1.82, 2.24) is 4.57 Å². The highest BCUT2D eigenvalue weighted by Gasteiger charge is 2.17. The average Bonchev–Trinajstić information content (AvgIpc) is 2.51. The lowest BCUT2D eigenvalue weighted by Gasteiger charge is -2.18. The van der Waals surface area contributed by atoms with E-state index in [9.17, 15) is 4.79 Å². The van der Waals surface area contributed by atoms with Crippen LogP contribution in [0.15, 0.2) is 23.0 Å². The summed E-state index contributed by atoms with van der Waals surface area (Å²) in [5.41, 5.74) is 2.83. The third-order valence-corrected chi connectivity index (χ3v) is 3.89. The van der Waals surface area contributed by atoms with Crippen LogP contribution >= 0.6 is 0 Å². The maximum absolute atomic E-state index is 12.6. The molecule has 0 bridgehead atoms. The monoisotopic (exact) mass is 271 g/mol. The molecule has 1 aromatic heterocycles. The van der Waals surface area contributed by atoms with E-state index in [0.29, 0.717) is 16.9 Å². The molecule has 0 unspecified atom stereocenters. The second-order valence-electron chi connectivity index (χ2n) is 4.92. The molecule has 0 saturated heterocycles. The summed E-state index contributed by atoms with van der Waals surface area (Å²) in [5.74, 6) is 1.22. The highest BCUT2D eigenvalue weighted by molar-refractivity contribution is 5.85. The van der Waals surface area contributed by atoms with Gasteiger partial charge in [-0.1, -0.05) is 6.08 Å². The number of aryl methyl sites for hydroxylation is 1. The summed E-state index contributed by atoms with van der Waals surface area (Å²) in [5, 5.41) is 0.680. The van der Waals surface area contributed by atoms with Gasteiger partial charge < -0.3 is 14.0 Å². The fourth-order valence-electron chi connectivity index (χ4n) is 2.82. The largest absolute Gasteiger partial charge is 0.493 e. The Morgan fingerprint density at radius 3 is 2.55 bits per heavy atom. The molecule has 104 valence electrons. The maximum Gasteiger partial charge on any atom is 0.193 e. The van der Waals surface area contributed by atoms with Crippen molar-refractivity contribution in [2.45, 2.75) is 12.8 Å². The fourth-order valence-corrected chi connectivity index (χ4v) is 2.82. The topological polar surface area (TPSA) is 40.5 Å². The summed E-state index contributed by atoms with van der Waals surface area (Å²) < 4.78 is 12.7. The zero-order valence-electron chi connectivity index (χ0n) is 11.9. The molecule has 0 radical (unpaired) electrons. The first-order valence-corrected chi connectivity index (χ1v) is 6.61. The summed E-state index contributed by atoms with van der Waals surface area (Å²) in [4.78, 5) is 12.6. The summed E-state index contributed by atoms with van der Waals surface area (Å²) in [6.45, 7) is 0. The van der Waals surface area contributed by atoms with Crippen LogP contribution in [0.25, 0.3) is 17.0 Å². The van der Waals surface area contributed by atoms with Crippen LogP contribution in [0.3, 0.4) is 0 Å². The van der Waals surface area contributed by atoms with E-state index >= 15 is 0 Å². The number of pyridine rings is 1. The van der Waals surface area contributed by atoms with Gasteiger partial charge in [-0.2, -0.15) is 0 Å². The van der Waals surface area contributed by atoms with Crippen LogP contribution in [0, 0.1) is 0 Å². The Morgan fingerprint density at radius 1 is 1.15 bits per heavy atom. The van der Waals surface area contributed by atoms with E-state index in [1.54, 1.807) is 20.3 Å². The molecule has 1 heterocycles. The number of rotatable bonds is 2. The van der Waals surface area contributed by atoms with Gasteiger partial charge in [-0.3, -0.25) is 4.79 Å². The molecule has 0 aliphatic heterocycles. The predicted molar refractivity (Wildman–Crippen MR) is 79.6 cm³/mol. The molecule has 3 rings (SSSR count). The van der Waals surface area contributed by atoms with Gasteiger partial charge in [0.25, 0.3) is 0 Å². The zero-order valence-corrected chi connectivity index (χ0v) is 11.9. The fraction of sp³-hybridized carbons (Fsp3) is 0.312. The molecule has 1 aliphatic rings. The van der Waals surface area contributed by atoms with Crippen LogP contribution in [0.2, 0.25) is 0 Å². The minimum absolute atomic E-state index is 0.0957. The second kappa shape index (κ2) is 4.71. The van der Waals surface area contributed by atoms with Crippen molar-refractivity contribution in [2.75, 3.05) is 14.2 Å². The Kier molecular flexibility index (Phi) is 3.01. The molecule has 0 fully saturated rings. The van der Waals surface area contributed by atoms with Crippen LogP contribution in [0.4, 0.5) is 0 Å². The molecule has 2 aromatic rings. The predicted octanol–water partition coefficient (Wildman–Crippen LogP) is 2.52. The Bertz CT molecular complexity index is 772. The van der Waals surface area contributed by atoms with Gasteiger partial charge in [0.15, 0.2) is 16.9 Å². The van der Waals surface area contributed by atoms with E-state index in [4.69, 9.17) is 9.47 Å². The smallest absolute Gasteiger partial charge is 0.193 e. The van der Waals surface area contributed by atoms with Gasteiger partial charge in [-0.25, -0.2) is 0 Å². The van der Waals surface area contributed by atoms with Gasteiger partial charge in [-0.15, -0.1) is 0 Å². The molecule has 0 saturated carbocycles. The highest BCUT2D eigenvalue weighted by atomic mass is 16.5. The highest BCUT2D eigenvalue weighted by Crippen LogP contribution is 2.32. The quantitative estimate of drug-likeness (QED) is 0.842. The van der Waals surface area contributed by atoms with Crippen LogP contribution in [0.1, 0.15) is 17.7 Å². The van der Waals surface area contributed by atoms with Gasteiger partial charge in [0.2, 0.25) is 0 Å². The molecule has 1 aliphatic carbocycles. The minimum atomic E-state index is 0.0957. The van der Waals surface area contributed by atoms with Crippen LogP contribution in [-0.4, -0.2) is 18.8 Å². The van der Waals surface area contributed by atoms with Crippen molar-refractivity contribution < 1.29 is 9.47 Å². The number of nitrogens with zero attached hydrogens (tertiary/aromatic N) is 1. The van der Waals surface area contributed by atoms with Crippen LogP contribution < -0.4 is 14.9 Å². The van der Waals surface area contributed by atoms with E-state index in [-0.39, 0.29) is 5.43 Å². The number of fused-ring (bicyclic) bond motifs is 2. The summed E-state index contributed by atoms with van der Waals surface area (Å²) >= 11 is 0. The second-order valence-corrected chi connectivity index (χ2v) is 4.92. The SMILES string of the molecule is COc1cc2c(=O)c3c(n(C)c2cc1OC)C=CCC3. The van der Waals surface area contributed by atoms with Gasteiger partial charge >= 0.3 is 0 Å². The summed E-state index contributed by atoms with van der Waals surface area (Å²) in [6, 6.07) is 3.63. The molecule has 4 nitrogen and oxygen atoms in total. The molecular weight excluding hydrogens is 254 g/mol. The summed E-state index contributed by atoms with van der Waals surface area (Å²) in [7, 11) is 5.15. The number of aromatic nitrogens is 1. The Hall–Kier alpha value is -2.23. The van der Waals surface area contributed by atoms with E-state index in [1.807, 2.05) is 23.8 Å². The first kappa shape index (κ1) is 12.8. The zero-order chi connectivity index (χ0) is 14.3. The molecular formula is C16H17NO3. The van der Waals surface area contributed by atoms with E-state index in [0.717, 1.165) is 29.6 Å². The number of ether oxygens (including phenoxy) is 2. The van der Waals surface area contributed by atoms with E-state index in [2.05, 4.69) is 6.08 Å². The molecule has 0 atom stereocenters. The standard InChI is InChI=1S/C16H17NO3/c1-17-12-7-5-4-6-10(12)16(18)11-8-14(19-2)15(20-3)9-13(11)17/h5,7-9H,4,6H2,1-3H3. The average molecular weight is 271 g/mol. The number of allylic oxidation sites excluding steroid dienone is 1. The lowest BCUT2D eigenvalue weighted by atomic mass is 9.98. The van der Waals surface area contributed by atoms with Crippen molar-refractivity contribution in [3.63, 3.8) is 0 Å². The molecule has 0 amide bonds. The lowest BCUT2D eigenvalue weighted by Crippen LogP contribution is -2.19. The molecule has 4 heteroatoms. The summed E-state index contributed by atoms with van der Waals surface area (Å²) in [6.07, 6.45) is 5.84. The third kappa shape index (κ3) is 1.72. The van der Waals surface area contributed by atoms with Gasteiger partial charge in [0.05, 0.1) is 19.7 Å². The molecule has 0 N–H and O–H groups in total. The maximum atomic E-state index is 12.6. The normalized spacial score (nSPS) is 13.3. The Morgan fingerprint density at radius 2 is 1.85 bits per heavy atom. The van der Waals surface area contributed by atoms with Crippen molar-refractivity contribution in [3.05, 3.63) is 39.7 Å². The van der Waals surface area contributed by atoms with Gasteiger partial charge in [-0.05, 0) is 25.0 Å². The Labute approximate surface area is 117 Å². The number of methoxy groups -OCH3 is 2. The minimum Gasteiger partial charge on any atom is -0.493 e. The first-order chi connectivity index (χ1) is 9.67. The molecule has 1 aromatic carbocycles. The number of hydrogen-bond donors (Lipinski definition) is 0. The van der Waals surface area contributed by atoms with Crippen LogP contribution in [0.5, 0.6) is 11.5 Å². The molecule has 0 spiro atoms. The van der Waals surface area contributed by atoms with E-state index < -0.39 is 0 Å². The van der Waals surface area contributed by atoms with Crippen molar-refractivity contribution in [2.24, 2.45) is 7.05 Å². The number of benzene rings is 1. The molecule has 20 heavy (non-hydrogen) atoms. The van der Waals surface area contributed by atoms with Gasteiger partial charge in [0, 0.05) is 29.8 Å². The van der Waals surface area contributed by atoms with E-state index in [1.165, 1.54) is 0 Å². The number of hydrogen-bond acceptors (Lipinski definition) is 3. The third-order valence-electron chi connectivity index (χ3n) is 3.89.